The molecule has 0 spiro atoms. The quantitative estimate of drug-likeness (QED) is 0.770. The van der Waals surface area contributed by atoms with Crippen molar-refractivity contribution in [1.29, 1.82) is 0 Å². The monoisotopic (exact) mass is 351 g/mol. The van der Waals surface area contributed by atoms with Crippen LogP contribution in [0, 0.1) is 11.6 Å². The Balaban J connectivity index is 1.90. The standard InChI is InChI=1S/C18H24BF2NO3/c1-11-7-6-8-22(11)16(23)12-9-15(21)13(10-14(12)20)19-24-17(2,3)18(4,5)25-19/h9-11H,6-8H2,1-5H3. The molecule has 3 rings (SSSR count). The van der Waals surface area contributed by atoms with Crippen LogP contribution in [0.5, 0.6) is 0 Å². The van der Waals surface area contributed by atoms with Crippen LogP contribution in [0.25, 0.3) is 0 Å². The van der Waals surface area contributed by atoms with Gasteiger partial charge in [-0.1, -0.05) is 0 Å². The van der Waals surface area contributed by atoms with Gasteiger partial charge in [-0.05, 0) is 59.6 Å². The lowest BCUT2D eigenvalue weighted by atomic mass is 9.78. The van der Waals surface area contributed by atoms with Gasteiger partial charge >= 0.3 is 7.12 Å². The van der Waals surface area contributed by atoms with Gasteiger partial charge in [0.15, 0.2) is 0 Å². The second kappa shape index (κ2) is 6.06. The fraction of sp³-hybridized carbons (Fsp3) is 0.611. The van der Waals surface area contributed by atoms with E-state index in [0.717, 1.165) is 25.0 Å². The van der Waals surface area contributed by atoms with E-state index in [-0.39, 0.29) is 17.1 Å². The number of amides is 1. The maximum Gasteiger partial charge on any atom is 0.497 e. The smallest absolute Gasteiger partial charge is 0.399 e. The largest absolute Gasteiger partial charge is 0.497 e. The summed E-state index contributed by atoms with van der Waals surface area (Å²) in [4.78, 5) is 14.1. The summed E-state index contributed by atoms with van der Waals surface area (Å²) in [5.74, 6) is -1.92. The van der Waals surface area contributed by atoms with Crippen LogP contribution in [0.1, 0.15) is 57.8 Å². The van der Waals surface area contributed by atoms with E-state index < -0.39 is 35.9 Å². The van der Waals surface area contributed by atoms with Crippen molar-refractivity contribution in [2.75, 3.05) is 6.54 Å². The van der Waals surface area contributed by atoms with E-state index in [9.17, 15) is 13.6 Å². The van der Waals surface area contributed by atoms with Crippen molar-refractivity contribution in [2.24, 2.45) is 0 Å². The van der Waals surface area contributed by atoms with Crippen molar-refractivity contribution in [3.05, 3.63) is 29.3 Å². The maximum absolute atomic E-state index is 14.6. The molecule has 2 aliphatic heterocycles. The third kappa shape index (κ3) is 3.08. The van der Waals surface area contributed by atoms with Crippen LogP contribution in [0.15, 0.2) is 12.1 Å². The number of carbonyl (C=O) groups excluding carboxylic acids is 1. The molecular weight excluding hydrogens is 327 g/mol. The van der Waals surface area contributed by atoms with Gasteiger partial charge in [0.25, 0.3) is 5.91 Å². The Morgan fingerprint density at radius 1 is 1.16 bits per heavy atom. The van der Waals surface area contributed by atoms with Crippen molar-refractivity contribution in [3.8, 4) is 0 Å². The van der Waals surface area contributed by atoms with E-state index in [1.807, 2.05) is 34.6 Å². The highest BCUT2D eigenvalue weighted by atomic mass is 19.1. The average molecular weight is 351 g/mol. The van der Waals surface area contributed by atoms with Gasteiger partial charge in [-0.15, -0.1) is 0 Å². The Bertz CT molecular complexity index is 692. The Hall–Kier alpha value is -1.47. The Labute approximate surface area is 147 Å². The van der Waals surface area contributed by atoms with Gasteiger partial charge in [-0.2, -0.15) is 0 Å². The minimum Gasteiger partial charge on any atom is -0.399 e. The summed E-state index contributed by atoms with van der Waals surface area (Å²) in [6.07, 6.45) is 1.75. The molecule has 0 N–H and O–H groups in total. The van der Waals surface area contributed by atoms with Crippen molar-refractivity contribution >= 4 is 18.5 Å². The van der Waals surface area contributed by atoms with Crippen LogP contribution in [0.3, 0.4) is 0 Å². The van der Waals surface area contributed by atoms with E-state index in [1.54, 1.807) is 4.90 Å². The lowest BCUT2D eigenvalue weighted by Gasteiger charge is -2.32. The molecule has 1 atom stereocenters. The zero-order valence-electron chi connectivity index (χ0n) is 15.4. The van der Waals surface area contributed by atoms with E-state index in [1.165, 1.54) is 0 Å². The number of rotatable bonds is 2. The van der Waals surface area contributed by atoms with Gasteiger partial charge in [0.05, 0.1) is 16.8 Å². The normalized spacial score (nSPS) is 24.8. The summed E-state index contributed by atoms with van der Waals surface area (Å²) in [6, 6.07) is 2.02. The lowest BCUT2D eigenvalue weighted by Crippen LogP contribution is -2.41. The first-order valence-electron chi connectivity index (χ1n) is 8.69. The third-order valence-corrected chi connectivity index (χ3v) is 5.64. The van der Waals surface area contributed by atoms with Crippen molar-refractivity contribution in [2.45, 2.75) is 64.7 Å². The predicted molar refractivity (Wildman–Crippen MR) is 91.8 cm³/mol. The molecule has 1 aromatic rings. The summed E-state index contributed by atoms with van der Waals surface area (Å²) < 4.78 is 40.8. The minimum absolute atomic E-state index is 0.0258. The number of hydrogen-bond acceptors (Lipinski definition) is 3. The number of carbonyl (C=O) groups is 1. The van der Waals surface area contributed by atoms with E-state index in [0.29, 0.717) is 6.54 Å². The molecule has 0 saturated carbocycles. The number of halogens is 2. The van der Waals surface area contributed by atoms with Crippen LogP contribution >= 0.6 is 0 Å². The zero-order chi connectivity index (χ0) is 18.6. The highest BCUT2D eigenvalue weighted by molar-refractivity contribution is 6.62. The molecule has 7 heteroatoms. The van der Waals surface area contributed by atoms with E-state index >= 15 is 0 Å². The molecule has 1 aromatic carbocycles. The maximum atomic E-state index is 14.6. The summed E-state index contributed by atoms with van der Waals surface area (Å²) >= 11 is 0. The van der Waals surface area contributed by atoms with Crippen LogP contribution in [0.2, 0.25) is 0 Å². The highest BCUT2D eigenvalue weighted by Crippen LogP contribution is 2.36. The highest BCUT2D eigenvalue weighted by Gasteiger charge is 2.52. The van der Waals surface area contributed by atoms with Crippen LogP contribution in [0.4, 0.5) is 8.78 Å². The molecule has 0 radical (unpaired) electrons. The third-order valence-electron chi connectivity index (χ3n) is 5.64. The summed E-state index contributed by atoms with van der Waals surface area (Å²) in [7, 11) is -1.01. The lowest BCUT2D eigenvalue weighted by molar-refractivity contribution is 0.00578. The fourth-order valence-corrected chi connectivity index (χ4v) is 3.27. The molecule has 4 nitrogen and oxygen atoms in total. The van der Waals surface area contributed by atoms with Gasteiger partial charge in [-0.25, -0.2) is 8.78 Å². The molecule has 2 heterocycles. The number of benzene rings is 1. The van der Waals surface area contributed by atoms with Crippen LogP contribution in [-0.2, 0) is 9.31 Å². The SMILES string of the molecule is CC1CCCN1C(=O)c1cc(F)c(B2OC(C)(C)C(C)(C)O2)cc1F. The summed E-state index contributed by atoms with van der Waals surface area (Å²) in [5, 5.41) is 0. The first kappa shape index (κ1) is 18.3. The molecule has 0 bridgehead atoms. The molecule has 1 unspecified atom stereocenters. The fourth-order valence-electron chi connectivity index (χ4n) is 3.27. The van der Waals surface area contributed by atoms with Crippen molar-refractivity contribution < 1.29 is 22.9 Å². The van der Waals surface area contributed by atoms with Gasteiger partial charge in [0, 0.05) is 18.0 Å². The number of likely N-dealkylation sites (tertiary alicyclic amines) is 1. The topological polar surface area (TPSA) is 38.8 Å². The second-order valence-electron chi connectivity index (χ2n) is 7.93. The summed E-state index contributed by atoms with van der Waals surface area (Å²) in [5.41, 5.74) is -1.58. The minimum atomic E-state index is -1.01. The van der Waals surface area contributed by atoms with Gasteiger partial charge in [-0.3, -0.25) is 4.79 Å². The van der Waals surface area contributed by atoms with E-state index in [2.05, 4.69) is 0 Å². The molecule has 2 fully saturated rings. The van der Waals surface area contributed by atoms with Crippen LogP contribution in [-0.4, -0.2) is 41.7 Å². The predicted octanol–water partition coefficient (Wildman–Crippen LogP) is 2.89. The average Bonchev–Trinajstić information content (AvgIpc) is 3.01. The molecule has 25 heavy (non-hydrogen) atoms. The number of hydrogen-bond donors (Lipinski definition) is 0. The first-order valence-corrected chi connectivity index (χ1v) is 8.69. The van der Waals surface area contributed by atoms with E-state index in [4.69, 9.17) is 9.31 Å². The molecular formula is C18H24BF2NO3. The molecule has 2 aliphatic rings. The Morgan fingerprint density at radius 2 is 1.76 bits per heavy atom. The zero-order valence-corrected chi connectivity index (χ0v) is 15.4. The van der Waals surface area contributed by atoms with Gasteiger partial charge < -0.3 is 14.2 Å². The van der Waals surface area contributed by atoms with Gasteiger partial charge in [0.1, 0.15) is 11.6 Å². The Morgan fingerprint density at radius 3 is 2.28 bits per heavy atom. The number of nitrogens with zero attached hydrogens (tertiary/aromatic N) is 1. The van der Waals surface area contributed by atoms with Crippen LogP contribution < -0.4 is 5.46 Å². The first-order chi connectivity index (χ1) is 11.5. The molecule has 0 aromatic heterocycles. The van der Waals surface area contributed by atoms with Gasteiger partial charge in [0.2, 0.25) is 0 Å². The Kier molecular flexibility index (Phi) is 4.44. The summed E-state index contributed by atoms with van der Waals surface area (Å²) in [6.45, 7) is 9.85. The molecule has 2 saturated heterocycles. The molecule has 0 aliphatic carbocycles. The van der Waals surface area contributed by atoms with Crippen molar-refractivity contribution in [1.82, 2.24) is 4.90 Å². The van der Waals surface area contributed by atoms with Crippen molar-refractivity contribution in [3.63, 3.8) is 0 Å². The second-order valence-corrected chi connectivity index (χ2v) is 7.93. The molecule has 136 valence electrons. The molecule has 1 amide bonds.